The quantitative estimate of drug-likeness (QED) is 0.671. The molecule has 0 amide bonds. The lowest BCUT2D eigenvalue weighted by Gasteiger charge is -2.19. The molecule has 0 aromatic rings. The van der Waals surface area contributed by atoms with E-state index in [0.717, 1.165) is 26.2 Å². The van der Waals surface area contributed by atoms with Crippen molar-refractivity contribution in [1.29, 1.82) is 0 Å². The summed E-state index contributed by atoms with van der Waals surface area (Å²) in [6, 6.07) is 0.596. The van der Waals surface area contributed by atoms with Crippen molar-refractivity contribution in [3.63, 3.8) is 0 Å². The number of hydrogen-bond donors (Lipinski definition) is 1. The molecule has 0 bridgehead atoms. The van der Waals surface area contributed by atoms with Crippen LogP contribution in [0.25, 0.3) is 0 Å². The molecule has 2 unspecified atom stereocenters. The van der Waals surface area contributed by atoms with Gasteiger partial charge in [-0.05, 0) is 38.6 Å². The van der Waals surface area contributed by atoms with Crippen LogP contribution in [0.5, 0.6) is 0 Å². The standard InChI is InChI=1S/C12H25NO2/c1-3-13-11(8-10-14-2)6-7-12-5-4-9-15-12/h11-13H,3-10H2,1-2H3. The Morgan fingerprint density at radius 3 is 2.93 bits per heavy atom. The molecule has 90 valence electrons. The van der Waals surface area contributed by atoms with Crippen LogP contribution < -0.4 is 5.32 Å². The molecule has 15 heavy (non-hydrogen) atoms. The van der Waals surface area contributed by atoms with E-state index in [2.05, 4.69) is 12.2 Å². The van der Waals surface area contributed by atoms with E-state index >= 15 is 0 Å². The van der Waals surface area contributed by atoms with E-state index in [9.17, 15) is 0 Å². The molecule has 2 atom stereocenters. The molecule has 0 saturated carbocycles. The number of rotatable bonds is 8. The van der Waals surface area contributed by atoms with Crippen LogP contribution in [0.4, 0.5) is 0 Å². The molecular weight excluding hydrogens is 190 g/mol. The molecular formula is C12H25NO2. The maximum atomic E-state index is 5.63. The van der Waals surface area contributed by atoms with Gasteiger partial charge in [-0.15, -0.1) is 0 Å². The largest absolute Gasteiger partial charge is 0.385 e. The zero-order valence-electron chi connectivity index (χ0n) is 10.1. The van der Waals surface area contributed by atoms with Crippen LogP contribution in [0.1, 0.15) is 39.0 Å². The molecule has 1 aliphatic rings. The van der Waals surface area contributed by atoms with Gasteiger partial charge < -0.3 is 14.8 Å². The highest BCUT2D eigenvalue weighted by Gasteiger charge is 2.17. The minimum atomic E-state index is 0.522. The third-order valence-corrected chi connectivity index (χ3v) is 3.02. The SMILES string of the molecule is CCNC(CCOC)CCC1CCCO1. The van der Waals surface area contributed by atoms with Gasteiger partial charge in [0, 0.05) is 26.4 Å². The fourth-order valence-corrected chi connectivity index (χ4v) is 2.16. The summed E-state index contributed by atoms with van der Waals surface area (Å²) in [7, 11) is 1.77. The second-order valence-corrected chi connectivity index (χ2v) is 4.25. The van der Waals surface area contributed by atoms with E-state index in [0.29, 0.717) is 12.1 Å². The van der Waals surface area contributed by atoms with Gasteiger partial charge in [0.15, 0.2) is 0 Å². The highest BCUT2D eigenvalue weighted by Crippen LogP contribution is 2.18. The second kappa shape index (κ2) is 8.08. The van der Waals surface area contributed by atoms with E-state index in [-0.39, 0.29) is 0 Å². The van der Waals surface area contributed by atoms with E-state index in [1.165, 1.54) is 25.7 Å². The maximum Gasteiger partial charge on any atom is 0.0576 e. The predicted molar refractivity (Wildman–Crippen MR) is 62.2 cm³/mol. The number of nitrogens with one attached hydrogen (secondary N) is 1. The van der Waals surface area contributed by atoms with Crippen LogP contribution in [0, 0.1) is 0 Å². The molecule has 0 spiro atoms. The highest BCUT2D eigenvalue weighted by molar-refractivity contribution is 4.71. The van der Waals surface area contributed by atoms with Gasteiger partial charge in [-0.2, -0.15) is 0 Å². The van der Waals surface area contributed by atoms with Crippen LogP contribution in [0.2, 0.25) is 0 Å². The number of hydrogen-bond acceptors (Lipinski definition) is 3. The van der Waals surface area contributed by atoms with Crippen LogP contribution in [0.15, 0.2) is 0 Å². The Labute approximate surface area is 93.5 Å². The molecule has 3 nitrogen and oxygen atoms in total. The van der Waals surface area contributed by atoms with Crippen LogP contribution >= 0.6 is 0 Å². The lowest BCUT2D eigenvalue weighted by molar-refractivity contribution is 0.0974. The van der Waals surface area contributed by atoms with Crippen molar-refractivity contribution < 1.29 is 9.47 Å². The fraction of sp³-hybridized carbons (Fsp3) is 1.00. The Bertz CT molecular complexity index is 147. The van der Waals surface area contributed by atoms with E-state index in [1.807, 2.05) is 0 Å². The summed E-state index contributed by atoms with van der Waals surface area (Å²) in [5, 5.41) is 3.51. The Morgan fingerprint density at radius 2 is 2.33 bits per heavy atom. The molecule has 1 saturated heterocycles. The molecule has 0 radical (unpaired) electrons. The second-order valence-electron chi connectivity index (χ2n) is 4.25. The summed E-state index contributed by atoms with van der Waals surface area (Å²) in [4.78, 5) is 0. The van der Waals surface area contributed by atoms with Crippen LogP contribution in [0.3, 0.4) is 0 Å². The first-order valence-electron chi connectivity index (χ1n) is 6.20. The summed E-state index contributed by atoms with van der Waals surface area (Å²) in [6.45, 7) is 5.02. The first-order chi connectivity index (χ1) is 7.36. The third kappa shape index (κ3) is 5.50. The fourth-order valence-electron chi connectivity index (χ4n) is 2.16. The first kappa shape index (κ1) is 12.9. The molecule has 3 heteroatoms. The van der Waals surface area contributed by atoms with Crippen molar-refractivity contribution in [1.82, 2.24) is 5.32 Å². The molecule has 1 rings (SSSR count). The Morgan fingerprint density at radius 1 is 1.47 bits per heavy atom. The summed E-state index contributed by atoms with van der Waals surface area (Å²) < 4.78 is 10.7. The lowest BCUT2D eigenvalue weighted by atomic mass is 10.0. The topological polar surface area (TPSA) is 30.5 Å². The smallest absolute Gasteiger partial charge is 0.0576 e. The normalized spacial score (nSPS) is 23.2. The molecule has 0 aromatic heterocycles. The van der Waals surface area contributed by atoms with Crippen molar-refractivity contribution in [3.05, 3.63) is 0 Å². The molecule has 1 heterocycles. The summed E-state index contributed by atoms with van der Waals surface area (Å²) in [5.74, 6) is 0. The van der Waals surface area contributed by atoms with Gasteiger partial charge in [0.2, 0.25) is 0 Å². The minimum Gasteiger partial charge on any atom is -0.385 e. The predicted octanol–water partition coefficient (Wildman–Crippen LogP) is 1.96. The van der Waals surface area contributed by atoms with Crippen molar-refractivity contribution >= 4 is 0 Å². The molecule has 0 aliphatic carbocycles. The molecule has 1 fully saturated rings. The van der Waals surface area contributed by atoms with Crippen molar-refractivity contribution in [3.8, 4) is 0 Å². The van der Waals surface area contributed by atoms with Gasteiger partial charge in [0.05, 0.1) is 6.10 Å². The average molecular weight is 215 g/mol. The average Bonchev–Trinajstić information content (AvgIpc) is 2.75. The third-order valence-electron chi connectivity index (χ3n) is 3.02. The minimum absolute atomic E-state index is 0.522. The van der Waals surface area contributed by atoms with Crippen molar-refractivity contribution in [2.75, 3.05) is 26.9 Å². The van der Waals surface area contributed by atoms with Gasteiger partial charge in [-0.25, -0.2) is 0 Å². The van der Waals surface area contributed by atoms with Gasteiger partial charge in [0.1, 0.15) is 0 Å². The zero-order chi connectivity index (χ0) is 10.9. The maximum absolute atomic E-state index is 5.63. The van der Waals surface area contributed by atoms with Crippen LogP contribution in [-0.2, 0) is 9.47 Å². The van der Waals surface area contributed by atoms with Gasteiger partial charge >= 0.3 is 0 Å². The highest BCUT2D eigenvalue weighted by atomic mass is 16.5. The number of ether oxygens (including phenoxy) is 2. The van der Waals surface area contributed by atoms with E-state index in [1.54, 1.807) is 7.11 Å². The van der Waals surface area contributed by atoms with Gasteiger partial charge in [-0.3, -0.25) is 0 Å². The van der Waals surface area contributed by atoms with Crippen molar-refractivity contribution in [2.24, 2.45) is 0 Å². The Hall–Kier alpha value is -0.120. The zero-order valence-corrected chi connectivity index (χ0v) is 10.1. The Balaban J connectivity index is 2.11. The van der Waals surface area contributed by atoms with E-state index in [4.69, 9.17) is 9.47 Å². The Kier molecular flexibility index (Phi) is 6.98. The van der Waals surface area contributed by atoms with E-state index < -0.39 is 0 Å². The molecule has 0 aromatic carbocycles. The van der Waals surface area contributed by atoms with Gasteiger partial charge in [0.25, 0.3) is 0 Å². The molecule has 1 N–H and O–H groups in total. The summed E-state index contributed by atoms with van der Waals surface area (Å²) in [5.41, 5.74) is 0. The molecule has 1 aliphatic heterocycles. The summed E-state index contributed by atoms with van der Waals surface area (Å²) in [6.07, 6.45) is 6.53. The van der Waals surface area contributed by atoms with Gasteiger partial charge in [-0.1, -0.05) is 6.92 Å². The van der Waals surface area contributed by atoms with Crippen molar-refractivity contribution in [2.45, 2.75) is 51.2 Å². The number of methoxy groups -OCH3 is 1. The first-order valence-corrected chi connectivity index (χ1v) is 6.20. The monoisotopic (exact) mass is 215 g/mol. The lowest BCUT2D eigenvalue weighted by Crippen LogP contribution is -2.31. The van der Waals surface area contributed by atoms with Crippen LogP contribution in [-0.4, -0.2) is 39.0 Å². The summed E-state index contributed by atoms with van der Waals surface area (Å²) >= 11 is 0.